The molecule has 0 aliphatic rings. The first-order chi connectivity index (χ1) is 11.1. The van der Waals surface area contributed by atoms with Crippen molar-refractivity contribution in [3.63, 3.8) is 0 Å². The molecule has 0 aliphatic heterocycles. The van der Waals surface area contributed by atoms with Gasteiger partial charge >= 0.3 is 0 Å². The highest BCUT2D eigenvalue weighted by Gasteiger charge is 2.13. The van der Waals surface area contributed by atoms with Crippen LogP contribution in [0.4, 0.5) is 0 Å². The van der Waals surface area contributed by atoms with Crippen LogP contribution >= 0.6 is 23.2 Å². The Morgan fingerprint density at radius 2 is 1.83 bits per heavy atom. The van der Waals surface area contributed by atoms with Crippen molar-refractivity contribution in [3.8, 4) is 11.5 Å². The van der Waals surface area contributed by atoms with Crippen molar-refractivity contribution in [1.29, 1.82) is 0 Å². The zero-order valence-electron chi connectivity index (χ0n) is 13.5. The normalized spacial score (nSPS) is 12.4. The molecule has 2 rings (SSSR count). The van der Waals surface area contributed by atoms with E-state index < -0.39 is 0 Å². The van der Waals surface area contributed by atoms with Crippen LogP contribution in [0, 0.1) is 0 Å². The molecule has 2 aromatic carbocycles. The number of allylic oxidation sites excluding steroid dienone is 1. The van der Waals surface area contributed by atoms with E-state index in [-0.39, 0.29) is 5.92 Å². The molecule has 2 aromatic rings. The van der Waals surface area contributed by atoms with Gasteiger partial charge in [-0.1, -0.05) is 54.4 Å². The van der Waals surface area contributed by atoms with E-state index in [0.717, 1.165) is 29.0 Å². The van der Waals surface area contributed by atoms with Gasteiger partial charge < -0.3 is 9.47 Å². The summed E-state index contributed by atoms with van der Waals surface area (Å²) in [6.07, 6.45) is 5.11. The van der Waals surface area contributed by atoms with E-state index in [1.54, 1.807) is 20.3 Å². The van der Waals surface area contributed by atoms with Crippen molar-refractivity contribution >= 4 is 29.3 Å². The predicted molar refractivity (Wildman–Crippen MR) is 98.1 cm³/mol. The van der Waals surface area contributed by atoms with Crippen molar-refractivity contribution in [2.75, 3.05) is 14.2 Å². The van der Waals surface area contributed by atoms with Gasteiger partial charge in [0.15, 0.2) is 0 Å². The molecule has 0 spiro atoms. The van der Waals surface area contributed by atoms with Gasteiger partial charge in [0.2, 0.25) is 0 Å². The SMILES string of the molecule is CCC(/C=C/c1ccc(Cl)cc1Cl)c1ccc(OC)cc1OC. The first kappa shape index (κ1) is 17.7. The molecule has 0 heterocycles. The van der Waals surface area contributed by atoms with Gasteiger partial charge in [-0.25, -0.2) is 0 Å². The standard InChI is InChI=1S/C19H20Cl2O2/c1-4-13(5-6-14-7-8-15(20)11-18(14)21)17-10-9-16(22-2)12-19(17)23-3/h5-13H,4H2,1-3H3/b6-5+. The number of rotatable bonds is 6. The molecular formula is C19H20Cl2O2. The molecule has 0 fully saturated rings. The number of halogens is 2. The first-order valence-corrected chi connectivity index (χ1v) is 8.19. The van der Waals surface area contributed by atoms with Crippen LogP contribution < -0.4 is 9.47 Å². The Kier molecular flexibility index (Phi) is 6.37. The lowest BCUT2D eigenvalue weighted by atomic mass is 9.94. The van der Waals surface area contributed by atoms with Crippen LogP contribution in [0.25, 0.3) is 6.08 Å². The summed E-state index contributed by atoms with van der Waals surface area (Å²) in [7, 11) is 3.32. The van der Waals surface area contributed by atoms with Crippen LogP contribution in [0.5, 0.6) is 11.5 Å². The molecule has 122 valence electrons. The number of ether oxygens (including phenoxy) is 2. The third-order valence-electron chi connectivity index (χ3n) is 3.75. The lowest BCUT2D eigenvalue weighted by molar-refractivity contribution is 0.389. The fourth-order valence-corrected chi connectivity index (χ4v) is 2.91. The summed E-state index contributed by atoms with van der Waals surface area (Å²) in [5, 5.41) is 1.28. The minimum atomic E-state index is 0.225. The average Bonchev–Trinajstić information content (AvgIpc) is 2.57. The van der Waals surface area contributed by atoms with Gasteiger partial charge in [0.05, 0.1) is 14.2 Å². The molecule has 0 aliphatic carbocycles. The summed E-state index contributed by atoms with van der Waals surface area (Å²) >= 11 is 12.2. The maximum absolute atomic E-state index is 6.22. The highest BCUT2D eigenvalue weighted by molar-refractivity contribution is 6.35. The Balaban J connectivity index is 2.31. The second-order valence-corrected chi connectivity index (χ2v) is 5.99. The third kappa shape index (κ3) is 4.43. The predicted octanol–water partition coefficient (Wildman–Crippen LogP) is 6.22. The Hall–Kier alpha value is -1.64. The molecule has 0 amide bonds. The Bertz CT molecular complexity index is 696. The molecule has 4 heteroatoms. The molecule has 0 N–H and O–H groups in total. The van der Waals surface area contributed by atoms with E-state index in [2.05, 4.69) is 13.0 Å². The topological polar surface area (TPSA) is 18.5 Å². The van der Waals surface area contributed by atoms with Crippen LogP contribution in [0.3, 0.4) is 0 Å². The summed E-state index contributed by atoms with van der Waals surface area (Å²) in [6.45, 7) is 2.14. The highest BCUT2D eigenvalue weighted by Crippen LogP contribution is 2.34. The van der Waals surface area contributed by atoms with Gasteiger partial charge in [-0.3, -0.25) is 0 Å². The number of hydrogen-bond donors (Lipinski definition) is 0. The van der Waals surface area contributed by atoms with Crippen molar-refractivity contribution in [1.82, 2.24) is 0 Å². The van der Waals surface area contributed by atoms with Crippen LogP contribution in [0.1, 0.15) is 30.4 Å². The molecule has 0 saturated heterocycles. The summed E-state index contributed by atoms with van der Waals surface area (Å²) in [5.74, 6) is 1.83. The molecule has 0 bridgehead atoms. The maximum atomic E-state index is 6.22. The third-order valence-corrected chi connectivity index (χ3v) is 4.31. The van der Waals surface area contributed by atoms with E-state index in [4.69, 9.17) is 32.7 Å². The van der Waals surface area contributed by atoms with E-state index in [1.165, 1.54) is 0 Å². The number of benzene rings is 2. The minimum absolute atomic E-state index is 0.225. The molecule has 0 aromatic heterocycles. The quantitative estimate of drug-likeness (QED) is 0.615. The van der Waals surface area contributed by atoms with Gasteiger partial charge in [0.25, 0.3) is 0 Å². The Morgan fingerprint density at radius 1 is 1.04 bits per heavy atom. The van der Waals surface area contributed by atoms with Crippen molar-refractivity contribution in [3.05, 3.63) is 63.6 Å². The van der Waals surface area contributed by atoms with E-state index >= 15 is 0 Å². The Morgan fingerprint density at radius 3 is 2.43 bits per heavy atom. The van der Waals surface area contributed by atoms with Crippen LogP contribution in [-0.4, -0.2) is 14.2 Å². The van der Waals surface area contributed by atoms with Crippen LogP contribution in [-0.2, 0) is 0 Å². The summed E-state index contributed by atoms with van der Waals surface area (Å²) in [4.78, 5) is 0. The first-order valence-electron chi connectivity index (χ1n) is 7.44. The summed E-state index contributed by atoms with van der Waals surface area (Å²) in [6, 6.07) is 11.4. The lowest BCUT2D eigenvalue weighted by Crippen LogP contribution is -1.98. The fourth-order valence-electron chi connectivity index (χ4n) is 2.44. The largest absolute Gasteiger partial charge is 0.497 e. The molecule has 0 radical (unpaired) electrons. The van der Waals surface area contributed by atoms with E-state index in [9.17, 15) is 0 Å². The number of methoxy groups -OCH3 is 2. The van der Waals surface area contributed by atoms with Gasteiger partial charge in [-0.2, -0.15) is 0 Å². The Labute approximate surface area is 147 Å². The average molecular weight is 351 g/mol. The second-order valence-electron chi connectivity index (χ2n) is 5.15. The monoisotopic (exact) mass is 350 g/mol. The molecule has 0 saturated carbocycles. The summed E-state index contributed by atoms with van der Waals surface area (Å²) in [5.41, 5.74) is 2.07. The zero-order valence-corrected chi connectivity index (χ0v) is 15.0. The van der Waals surface area contributed by atoms with Crippen molar-refractivity contribution in [2.24, 2.45) is 0 Å². The van der Waals surface area contributed by atoms with Crippen LogP contribution in [0.2, 0.25) is 10.0 Å². The summed E-state index contributed by atoms with van der Waals surface area (Å²) < 4.78 is 10.8. The van der Waals surface area contributed by atoms with Gasteiger partial charge in [-0.15, -0.1) is 0 Å². The minimum Gasteiger partial charge on any atom is -0.497 e. The highest BCUT2D eigenvalue weighted by atomic mass is 35.5. The smallest absolute Gasteiger partial charge is 0.126 e. The fraction of sp³-hybridized carbons (Fsp3) is 0.263. The van der Waals surface area contributed by atoms with Gasteiger partial charge in [-0.05, 0) is 30.2 Å². The molecule has 23 heavy (non-hydrogen) atoms. The van der Waals surface area contributed by atoms with Crippen molar-refractivity contribution < 1.29 is 9.47 Å². The molecular weight excluding hydrogens is 331 g/mol. The zero-order chi connectivity index (χ0) is 16.8. The number of hydrogen-bond acceptors (Lipinski definition) is 2. The molecule has 2 nitrogen and oxygen atoms in total. The van der Waals surface area contributed by atoms with Gasteiger partial charge in [0.1, 0.15) is 11.5 Å². The molecule has 1 unspecified atom stereocenters. The molecule has 1 atom stereocenters. The van der Waals surface area contributed by atoms with E-state index in [1.807, 2.05) is 36.4 Å². The van der Waals surface area contributed by atoms with Crippen molar-refractivity contribution in [2.45, 2.75) is 19.3 Å². The van der Waals surface area contributed by atoms with Gasteiger partial charge in [0, 0.05) is 27.6 Å². The maximum Gasteiger partial charge on any atom is 0.126 e. The second kappa shape index (κ2) is 8.28. The lowest BCUT2D eigenvalue weighted by Gasteiger charge is -2.16. The van der Waals surface area contributed by atoms with E-state index in [0.29, 0.717) is 10.0 Å². The van der Waals surface area contributed by atoms with Crippen LogP contribution in [0.15, 0.2) is 42.5 Å².